The van der Waals surface area contributed by atoms with Crippen molar-refractivity contribution in [2.24, 2.45) is 0 Å². The molecule has 3 heteroatoms. The number of aliphatic hydroxyl groups is 2. The number of benzene rings is 1. The summed E-state index contributed by atoms with van der Waals surface area (Å²) in [6, 6.07) is 5.72. The molecule has 2 rings (SSSR count). The minimum absolute atomic E-state index is 0.0399. The predicted molar refractivity (Wildman–Crippen MR) is 60.9 cm³/mol. The van der Waals surface area contributed by atoms with Gasteiger partial charge in [-0.15, -0.1) is 11.6 Å². The number of hydrogen-bond acceptors (Lipinski definition) is 2. The molecule has 0 radical (unpaired) electrons. The summed E-state index contributed by atoms with van der Waals surface area (Å²) in [5, 5.41) is 19.4. The molecule has 0 heterocycles. The maximum Gasteiger partial charge on any atom is 0.106 e. The first-order chi connectivity index (χ1) is 7.24. The summed E-state index contributed by atoms with van der Waals surface area (Å²) >= 11 is 5.52. The second-order valence-electron chi connectivity index (χ2n) is 3.69. The van der Waals surface area contributed by atoms with Gasteiger partial charge in [0.1, 0.15) is 6.10 Å². The van der Waals surface area contributed by atoms with E-state index in [4.69, 9.17) is 11.6 Å². The second-order valence-corrected chi connectivity index (χ2v) is 4.00. The van der Waals surface area contributed by atoms with Crippen LogP contribution >= 0.6 is 11.6 Å². The van der Waals surface area contributed by atoms with E-state index >= 15 is 0 Å². The van der Waals surface area contributed by atoms with Gasteiger partial charge in [0.15, 0.2) is 0 Å². The van der Waals surface area contributed by atoms with Crippen molar-refractivity contribution in [3.63, 3.8) is 0 Å². The normalized spacial score (nSPS) is 17.5. The van der Waals surface area contributed by atoms with E-state index in [9.17, 15) is 10.2 Å². The van der Waals surface area contributed by atoms with E-state index < -0.39 is 12.2 Å². The lowest BCUT2D eigenvalue weighted by molar-refractivity contribution is 0.0322. The van der Waals surface area contributed by atoms with Crippen molar-refractivity contribution < 1.29 is 10.2 Å². The van der Waals surface area contributed by atoms with Crippen LogP contribution in [0.15, 0.2) is 24.3 Å². The van der Waals surface area contributed by atoms with Gasteiger partial charge in [0.05, 0.1) is 12.0 Å². The van der Waals surface area contributed by atoms with Crippen molar-refractivity contribution >= 4 is 17.7 Å². The van der Waals surface area contributed by atoms with Gasteiger partial charge in [-0.3, -0.25) is 0 Å². The fourth-order valence-electron chi connectivity index (χ4n) is 1.89. The molecular formula is C12H13ClO2. The lowest BCUT2D eigenvalue weighted by atomic mass is 9.96. The number of hydrogen-bond donors (Lipinski definition) is 2. The highest BCUT2D eigenvalue weighted by atomic mass is 35.5. The van der Waals surface area contributed by atoms with Gasteiger partial charge in [0.25, 0.3) is 0 Å². The third kappa shape index (κ3) is 1.93. The Kier molecular flexibility index (Phi) is 3.10. The van der Waals surface area contributed by atoms with Crippen LogP contribution in [0.1, 0.15) is 22.8 Å². The monoisotopic (exact) mass is 224 g/mol. The van der Waals surface area contributed by atoms with E-state index in [1.807, 2.05) is 30.4 Å². The molecule has 0 aliphatic heterocycles. The molecule has 1 aliphatic rings. The Morgan fingerprint density at radius 1 is 1.33 bits per heavy atom. The Morgan fingerprint density at radius 2 is 2.13 bits per heavy atom. The molecule has 15 heavy (non-hydrogen) atoms. The van der Waals surface area contributed by atoms with Crippen LogP contribution < -0.4 is 0 Å². The van der Waals surface area contributed by atoms with Gasteiger partial charge in [0.2, 0.25) is 0 Å². The van der Waals surface area contributed by atoms with E-state index in [1.165, 1.54) is 0 Å². The van der Waals surface area contributed by atoms with E-state index in [1.54, 1.807) is 0 Å². The second kappa shape index (κ2) is 4.35. The first-order valence-electron chi connectivity index (χ1n) is 4.94. The summed E-state index contributed by atoms with van der Waals surface area (Å²) < 4.78 is 0. The third-order valence-electron chi connectivity index (χ3n) is 2.71. The molecule has 1 aromatic carbocycles. The van der Waals surface area contributed by atoms with E-state index in [0.717, 1.165) is 23.1 Å². The number of rotatable bonds is 3. The molecule has 2 N–H and O–H groups in total. The lowest BCUT2D eigenvalue weighted by Crippen LogP contribution is -2.20. The van der Waals surface area contributed by atoms with E-state index in [2.05, 4.69) is 0 Å². The summed E-state index contributed by atoms with van der Waals surface area (Å²) in [4.78, 5) is 0. The van der Waals surface area contributed by atoms with Crippen LogP contribution in [0.3, 0.4) is 0 Å². The molecule has 2 nitrogen and oxygen atoms in total. The van der Waals surface area contributed by atoms with Crippen LogP contribution in [-0.2, 0) is 6.42 Å². The average Bonchev–Trinajstić information content (AvgIpc) is 2.74. The zero-order valence-electron chi connectivity index (χ0n) is 8.23. The zero-order chi connectivity index (χ0) is 10.8. The smallest absolute Gasteiger partial charge is 0.106 e. The molecule has 0 amide bonds. The Morgan fingerprint density at radius 3 is 2.87 bits per heavy atom. The van der Waals surface area contributed by atoms with Crippen molar-refractivity contribution in [1.82, 2.24) is 0 Å². The minimum Gasteiger partial charge on any atom is -0.389 e. The number of fused-ring (bicyclic) bond motifs is 1. The first kappa shape index (κ1) is 10.7. The zero-order valence-corrected chi connectivity index (χ0v) is 8.98. The van der Waals surface area contributed by atoms with Gasteiger partial charge in [-0.2, -0.15) is 0 Å². The summed E-state index contributed by atoms with van der Waals surface area (Å²) in [6.07, 6.45) is 3.10. The lowest BCUT2D eigenvalue weighted by Gasteiger charge is -2.18. The molecule has 0 bridgehead atoms. The average molecular weight is 225 g/mol. The van der Waals surface area contributed by atoms with Gasteiger partial charge in [-0.05, 0) is 23.1 Å². The van der Waals surface area contributed by atoms with Gasteiger partial charge in [-0.1, -0.05) is 30.4 Å². The van der Waals surface area contributed by atoms with Gasteiger partial charge >= 0.3 is 0 Å². The number of allylic oxidation sites excluding steroid dienone is 1. The molecular weight excluding hydrogens is 212 g/mol. The predicted octanol–water partition coefficient (Wildman–Crippen LogP) is 1.89. The number of aliphatic hydroxyl groups excluding tert-OH is 2. The van der Waals surface area contributed by atoms with Crippen LogP contribution in [-0.4, -0.2) is 22.2 Å². The fraction of sp³-hybridized carbons (Fsp3) is 0.333. The van der Waals surface area contributed by atoms with Crippen molar-refractivity contribution in [1.29, 1.82) is 0 Å². The molecule has 2 atom stereocenters. The minimum atomic E-state index is -0.904. The molecule has 0 spiro atoms. The third-order valence-corrected chi connectivity index (χ3v) is 3.03. The van der Waals surface area contributed by atoms with Gasteiger partial charge in [-0.25, -0.2) is 0 Å². The standard InChI is InChI=1S/C12H13ClO2/c13-7-11(14)12(15)10-6-2-4-8-3-1-5-9(8)10/h1-4,6,11-12,14-15H,5,7H2. The van der Waals surface area contributed by atoms with E-state index in [-0.39, 0.29) is 5.88 Å². The summed E-state index contributed by atoms with van der Waals surface area (Å²) in [5.74, 6) is 0.0399. The highest BCUT2D eigenvalue weighted by Crippen LogP contribution is 2.29. The molecule has 80 valence electrons. The Balaban J connectivity index is 2.34. The maximum atomic E-state index is 9.89. The molecule has 0 aromatic heterocycles. The Hall–Kier alpha value is -0.830. The largest absolute Gasteiger partial charge is 0.389 e. The van der Waals surface area contributed by atoms with Crippen molar-refractivity contribution in [2.75, 3.05) is 5.88 Å². The van der Waals surface area contributed by atoms with Gasteiger partial charge in [0, 0.05) is 0 Å². The van der Waals surface area contributed by atoms with Crippen molar-refractivity contribution in [3.05, 3.63) is 41.0 Å². The summed E-state index contributed by atoms with van der Waals surface area (Å²) in [7, 11) is 0. The first-order valence-corrected chi connectivity index (χ1v) is 5.48. The van der Waals surface area contributed by atoms with Crippen LogP contribution in [0.5, 0.6) is 0 Å². The Bertz CT molecular complexity index is 387. The fourth-order valence-corrected chi connectivity index (χ4v) is 2.06. The number of halogens is 1. The van der Waals surface area contributed by atoms with Crippen molar-refractivity contribution in [2.45, 2.75) is 18.6 Å². The molecule has 2 unspecified atom stereocenters. The summed E-state index contributed by atoms with van der Waals surface area (Å²) in [5.41, 5.74) is 2.99. The van der Waals surface area contributed by atoms with Crippen LogP contribution in [0.25, 0.3) is 6.08 Å². The van der Waals surface area contributed by atoms with Crippen LogP contribution in [0, 0.1) is 0 Å². The van der Waals surface area contributed by atoms with E-state index in [0.29, 0.717) is 0 Å². The van der Waals surface area contributed by atoms with Crippen LogP contribution in [0.4, 0.5) is 0 Å². The SMILES string of the molecule is OC(CCl)C(O)c1cccc2c1CC=C2. The highest BCUT2D eigenvalue weighted by Gasteiger charge is 2.21. The topological polar surface area (TPSA) is 40.5 Å². The molecule has 1 aliphatic carbocycles. The Labute approximate surface area is 93.8 Å². The molecule has 0 fully saturated rings. The van der Waals surface area contributed by atoms with Crippen molar-refractivity contribution in [3.8, 4) is 0 Å². The number of alkyl halides is 1. The quantitative estimate of drug-likeness (QED) is 0.770. The molecule has 0 saturated carbocycles. The highest BCUT2D eigenvalue weighted by molar-refractivity contribution is 6.18. The van der Waals surface area contributed by atoms with Crippen LogP contribution in [0.2, 0.25) is 0 Å². The maximum absolute atomic E-state index is 9.89. The molecule has 0 saturated heterocycles. The summed E-state index contributed by atoms with van der Waals surface area (Å²) in [6.45, 7) is 0. The van der Waals surface area contributed by atoms with Gasteiger partial charge < -0.3 is 10.2 Å². The molecule has 1 aromatic rings.